The fourth-order valence-corrected chi connectivity index (χ4v) is 2.71. The summed E-state index contributed by atoms with van der Waals surface area (Å²) in [5, 5.41) is 7.21. The molecule has 0 saturated heterocycles. The maximum Gasteiger partial charge on any atom is 0.233 e. The Hall–Kier alpha value is -0.940. The summed E-state index contributed by atoms with van der Waals surface area (Å²) in [6, 6.07) is 0.174. The quantitative estimate of drug-likeness (QED) is 0.747. The molecular weight excluding hydrogens is 246 g/mol. The number of hydrogen-bond donors (Lipinski definition) is 2. The van der Waals surface area contributed by atoms with Gasteiger partial charge < -0.3 is 10.6 Å². The van der Waals surface area contributed by atoms with Crippen molar-refractivity contribution in [3.05, 3.63) is 15.6 Å². The van der Waals surface area contributed by atoms with Crippen molar-refractivity contribution in [2.45, 2.75) is 46.6 Å². The lowest BCUT2D eigenvalue weighted by Gasteiger charge is -2.12. The van der Waals surface area contributed by atoms with Gasteiger partial charge in [0.05, 0.1) is 17.2 Å². The highest BCUT2D eigenvalue weighted by atomic mass is 32.1. The highest BCUT2D eigenvalue weighted by molar-refractivity contribution is 7.11. The summed E-state index contributed by atoms with van der Waals surface area (Å²) in [7, 11) is 0. The van der Waals surface area contributed by atoms with Crippen molar-refractivity contribution >= 4 is 17.2 Å². The van der Waals surface area contributed by atoms with E-state index in [0.717, 1.165) is 30.1 Å². The second-order valence-electron chi connectivity index (χ2n) is 4.49. The van der Waals surface area contributed by atoms with E-state index in [0.29, 0.717) is 6.54 Å². The fourth-order valence-electron chi connectivity index (χ4n) is 1.75. The average Bonchev–Trinajstić information content (AvgIpc) is 2.66. The molecule has 1 rings (SSSR count). The SMILES string of the molecule is CCCCNC(=O)CNC(C)c1sc(C)nc1C. The number of unbranched alkanes of at least 4 members (excludes halogenated alkanes) is 1. The molecule has 0 aromatic carbocycles. The molecule has 1 aromatic heterocycles. The third-order valence-corrected chi connectivity index (χ3v) is 4.01. The van der Waals surface area contributed by atoms with Crippen molar-refractivity contribution in [3.8, 4) is 0 Å². The summed E-state index contributed by atoms with van der Waals surface area (Å²) in [5.74, 6) is 0.0641. The highest BCUT2D eigenvalue weighted by Gasteiger charge is 2.13. The Kier molecular flexibility index (Phi) is 6.29. The molecule has 18 heavy (non-hydrogen) atoms. The molecule has 0 spiro atoms. The summed E-state index contributed by atoms with van der Waals surface area (Å²) in [5.41, 5.74) is 1.06. The van der Waals surface area contributed by atoms with Gasteiger partial charge in [-0.1, -0.05) is 13.3 Å². The fraction of sp³-hybridized carbons (Fsp3) is 0.692. The van der Waals surface area contributed by atoms with Crippen LogP contribution in [-0.4, -0.2) is 24.0 Å². The second-order valence-corrected chi connectivity index (χ2v) is 5.72. The number of carbonyl (C=O) groups excluding carboxylic acids is 1. The zero-order valence-electron chi connectivity index (χ0n) is 11.7. The molecule has 1 atom stereocenters. The molecule has 0 fully saturated rings. The Balaban J connectivity index is 2.34. The molecule has 0 aliphatic heterocycles. The molecule has 0 aliphatic rings. The van der Waals surface area contributed by atoms with Gasteiger partial charge in [0.15, 0.2) is 0 Å². The molecule has 0 aliphatic carbocycles. The van der Waals surface area contributed by atoms with E-state index in [9.17, 15) is 4.79 Å². The maximum atomic E-state index is 11.6. The smallest absolute Gasteiger partial charge is 0.233 e. The van der Waals surface area contributed by atoms with Gasteiger partial charge in [-0.25, -0.2) is 4.98 Å². The van der Waals surface area contributed by atoms with Crippen LogP contribution in [0.2, 0.25) is 0 Å². The number of nitrogens with zero attached hydrogens (tertiary/aromatic N) is 1. The van der Waals surface area contributed by atoms with Crippen LogP contribution in [0.1, 0.15) is 48.3 Å². The molecule has 1 amide bonds. The minimum atomic E-state index is 0.0641. The lowest BCUT2D eigenvalue weighted by molar-refractivity contribution is -0.120. The first-order valence-corrected chi connectivity index (χ1v) is 7.30. The van der Waals surface area contributed by atoms with Gasteiger partial charge in [-0.3, -0.25) is 4.79 Å². The summed E-state index contributed by atoms with van der Waals surface area (Å²) in [6.45, 7) is 9.33. The zero-order valence-corrected chi connectivity index (χ0v) is 12.5. The van der Waals surface area contributed by atoms with Crippen LogP contribution in [-0.2, 0) is 4.79 Å². The van der Waals surface area contributed by atoms with Crippen LogP contribution in [0.5, 0.6) is 0 Å². The standard InChI is InChI=1S/C13H23N3OS/c1-5-6-7-14-12(17)8-15-9(2)13-10(3)16-11(4)18-13/h9,15H,5-8H2,1-4H3,(H,14,17). The first-order valence-electron chi connectivity index (χ1n) is 6.48. The number of carbonyl (C=O) groups is 1. The van der Waals surface area contributed by atoms with Gasteiger partial charge in [-0.05, 0) is 27.2 Å². The number of thiazole rings is 1. The van der Waals surface area contributed by atoms with Gasteiger partial charge in [0.25, 0.3) is 0 Å². The predicted octanol–water partition coefficient (Wildman–Crippen LogP) is 2.33. The normalized spacial score (nSPS) is 12.4. The lowest BCUT2D eigenvalue weighted by atomic mass is 10.2. The van der Waals surface area contributed by atoms with Gasteiger partial charge in [0.1, 0.15) is 0 Å². The van der Waals surface area contributed by atoms with Crippen LogP contribution in [0, 0.1) is 13.8 Å². The largest absolute Gasteiger partial charge is 0.355 e. The number of aromatic nitrogens is 1. The second kappa shape index (κ2) is 7.48. The van der Waals surface area contributed by atoms with E-state index in [4.69, 9.17) is 0 Å². The van der Waals surface area contributed by atoms with E-state index in [-0.39, 0.29) is 11.9 Å². The van der Waals surface area contributed by atoms with Gasteiger partial charge in [0, 0.05) is 17.5 Å². The molecule has 2 N–H and O–H groups in total. The van der Waals surface area contributed by atoms with Crippen LogP contribution in [0.4, 0.5) is 0 Å². The molecule has 0 bridgehead atoms. The third kappa shape index (κ3) is 4.74. The molecule has 5 heteroatoms. The van der Waals surface area contributed by atoms with Crippen LogP contribution in [0.3, 0.4) is 0 Å². The van der Waals surface area contributed by atoms with Crippen LogP contribution in [0.25, 0.3) is 0 Å². The van der Waals surface area contributed by atoms with E-state index in [1.165, 1.54) is 4.88 Å². The van der Waals surface area contributed by atoms with Crippen molar-refractivity contribution in [1.82, 2.24) is 15.6 Å². The van der Waals surface area contributed by atoms with Crippen LogP contribution in [0.15, 0.2) is 0 Å². The Morgan fingerprint density at radius 3 is 2.72 bits per heavy atom. The molecule has 0 radical (unpaired) electrons. The summed E-state index contributed by atoms with van der Waals surface area (Å²) >= 11 is 1.69. The zero-order chi connectivity index (χ0) is 13.5. The number of hydrogen-bond acceptors (Lipinski definition) is 4. The minimum Gasteiger partial charge on any atom is -0.355 e. The number of amides is 1. The van der Waals surface area contributed by atoms with E-state index >= 15 is 0 Å². The van der Waals surface area contributed by atoms with Crippen molar-refractivity contribution in [2.75, 3.05) is 13.1 Å². The molecule has 102 valence electrons. The number of aryl methyl sites for hydroxylation is 2. The Labute approximate surface area is 113 Å². The van der Waals surface area contributed by atoms with Gasteiger partial charge in [-0.2, -0.15) is 0 Å². The van der Waals surface area contributed by atoms with Gasteiger partial charge in [0.2, 0.25) is 5.91 Å². The summed E-state index contributed by atoms with van der Waals surface area (Å²) < 4.78 is 0. The van der Waals surface area contributed by atoms with E-state index in [1.54, 1.807) is 11.3 Å². The van der Waals surface area contributed by atoms with Crippen molar-refractivity contribution < 1.29 is 4.79 Å². The average molecular weight is 269 g/mol. The van der Waals surface area contributed by atoms with Gasteiger partial charge in [-0.15, -0.1) is 11.3 Å². The molecule has 1 heterocycles. The van der Waals surface area contributed by atoms with Crippen molar-refractivity contribution in [1.29, 1.82) is 0 Å². The van der Waals surface area contributed by atoms with E-state index < -0.39 is 0 Å². The lowest BCUT2D eigenvalue weighted by Crippen LogP contribution is -2.35. The van der Waals surface area contributed by atoms with E-state index in [1.807, 2.05) is 13.8 Å². The summed E-state index contributed by atoms with van der Waals surface area (Å²) in [6.07, 6.45) is 2.14. The van der Waals surface area contributed by atoms with Crippen molar-refractivity contribution in [2.24, 2.45) is 0 Å². The molecular formula is C13H23N3OS. The van der Waals surface area contributed by atoms with Crippen LogP contribution < -0.4 is 10.6 Å². The molecule has 0 saturated carbocycles. The number of rotatable bonds is 7. The monoisotopic (exact) mass is 269 g/mol. The maximum absolute atomic E-state index is 11.6. The number of nitrogens with one attached hydrogen (secondary N) is 2. The van der Waals surface area contributed by atoms with Crippen LogP contribution >= 0.6 is 11.3 Å². The van der Waals surface area contributed by atoms with E-state index in [2.05, 4.69) is 29.5 Å². The molecule has 4 nitrogen and oxygen atoms in total. The minimum absolute atomic E-state index is 0.0641. The first kappa shape index (κ1) is 15.1. The summed E-state index contributed by atoms with van der Waals surface area (Å²) in [4.78, 5) is 17.2. The Morgan fingerprint density at radius 2 is 2.17 bits per heavy atom. The predicted molar refractivity (Wildman–Crippen MR) is 75.9 cm³/mol. The van der Waals surface area contributed by atoms with Crippen molar-refractivity contribution in [3.63, 3.8) is 0 Å². The Morgan fingerprint density at radius 1 is 1.44 bits per heavy atom. The molecule has 1 aromatic rings. The third-order valence-electron chi connectivity index (χ3n) is 2.75. The highest BCUT2D eigenvalue weighted by Crippen LogP contribution is 2.23. The topological polar surface area (TPSA) is 54.0 Å². The first-order chi connectivity index (χ1) is 8.54. The van der Waals surface area contributed by atoms with Gasteiger partial charge >= 0.3 is 0 Å². The molecule has 1 unspecified atom stereocenters. The Bertz CT molecular complexity index is 390.